The first-order valence-electron chi connectivity index (χ1n) is 9.36. The van der Waals surface area contributed by atoms with Gasteiger partial charge in [0.2, 0.25) is 0 Å². The van der Waals surface area contributed by atoms with Crippen molar-refractivity contribution in [3.05, 3.63) is 27.4 Å². The largest absolute Gasteiger partial charge is 0.506 e. The molecule has 1 saturated heterocycles. The van der Waals surface area contributed by atoms with Gasteiger partial charge in [-0.05, 0) is 64.2 Å². The van der Waals surface area contributed by atoms with E-state index in [0.717, 1.165) is 26.1 Å². The molecule has 3 heterocycles. The van der Waals surface area contributed by atoms with Crippen molar-refractivity contribution in [1.29, 1.82) is 0 Å². The Balaban J connectivity index is 0.00000261. The molecule has 0 saturated carbocycles. The molecule has 0 radical (unpaired) electrons. The van der Waals surface area contributed by atoms with E-state index in [9.17, 15) is 14.7 Å². The van der Waals surface area contributed by atoms with Crippen molar-refractivity contribution in [3.63, 3.8) is 0 Å². The first-order valence-corrected chi connectivity index (χ1v) is 10.2. The number of aromatic hydroxyl groups is 1. The molecule has 27 heavy (non-hydrogen) atoms. The maximum Gasteiger partial charge on any atom is 0.268 e. The van der Waals surface area contributed by atoms with E-state index in [0.29, 0.717) is 16.8 Å². The number of thiophene rings is 1. The summed E-state index contributed by atoms with van der Waals surface area (Å²) in [5.41, 5.74) is -0.580. The number of nitrogens with zero attached hydrogens (tertiary/aromatic N) is 2. The lowest BCUT2D eigenvalue weighted by Gasteiger charge is -2.26. The molecule has 0 bridgehead atoms. The van der Waals surface area contributed by atoms with Crippen LogP contribution in [-0.2, 0) is 0 Å². The molecule has 0 aliphatic carbocycles. The zero-order valence-electron chi connectivity index (χ0n) is 15.9. The number of aromatic nitrogens is 1. The van der Waals surface area contributed by atoms with Crippen molar-refractivity contribution in [2.75, 3.05) is 26.2 Å². The summed E-state index contributed by atoms with van der Waals surface area (Å²) in [4.78, 5) is 28.5. The second-order valence-corrected chi connectivity index (χ2v) is 8.04. The predicted molar refractivity (Wildman–Crippen MR) is 113 cm³/mol. The Morgan fingerprint density at radius 1 is 1.30 bits per heavy atom. The van der Waals surface area contributed by atoms with Gasteiger partial charge >= 0.3 is 0 Å². The summed E-state index contributed by atoms with van der Waals surface area (Å²) in [5, 5.41) is 15.7. The number of amides is 1. The third kappa shape index (κ3) is 4.65. The fourth-order valence-corrected chi connectivity index (χ4v) is 4.60. The van der Waals surface area contributed by atoms with Crippen LogP contribution >= 0.6 is 23.7 Å². The lowest BCUT2D eigenvalue weighted by atomic mass is 10.1. The minimum Gasteiger partial charge on any atom is -0.506 e. The third-order valence-electron chi connectivity index (χ3n) is 4.92. The van der Waals surface area contributed by atoms with Crippen LogP contribution in [0.3, 0.4) is 0 Å². The molecule has 1 fully saturated rings. The SMILES string of the molecule is CC(C)n1c(=O)c(C(=O)NCCCN2CCCCC2)c(O)c2ccsc21.Cl. The van der Waals surface area contributed by atoms with Crippen LogP contribution in [0.1, 0.15) is 55.9 Å². The first kappa shape index (κ1) is 21.7. The van der Waals surface area contributed by atoms with E-state index in [2.05, 4.69) is 10.2 Å². The minimum absolute atomic E-state index is 0. The van der Waals surface area contributed by atoms with Crippen molar-refractivity contribution in [2.45, 2.75) is 45.6 Å². The summed E-state index contributed by atoms with van der Waals surface area (Å²) in [6.07, 6.45) is 4.64. The highest BCUT2D eigenvalue weighted by atomic mass is 35.5. The van der Waals surface area contributed by atoms with Gasteiger partial charge in [0.05, 0.1) is 5.39 Å². The van der Waals surface area contributed by atoms with E-state index in [1.54, 1.807) is 10.6 Å². The number of carbonyl (C=O) groups is 1. The van der Waals surface area contributed by atoms with Gasteiger partial charge in [-0.2, -0.15) is 0 Å². The van der Waals surface area contributed by atoms with E-state index in [1.807, 2.05) is 19.2 Å². The Hall–Kier alpha value is -1.57. The van der Waals surface area contributed by atoms with E-state index in [1.165, 1.54) is 30.6 Å². The second-order valence-electron chi connectivity index (χ2n) is 7.14. The molecule has 8 heteroatoms. The Morgan fingerprint density at radius 3 is 2.67 bits per heavy atom. The summed E-state index contributed by atoms with van der Waals surface area (Å²) >= 11 is 1.39. The number of fused-ring (bicyclic) bond motifs is 1. The average molecular weight is 414 g/mol. The molecule has 0 atom stereocenters. The van der Waals surface area contributed by atoms with Crippen LogP contribution in [0.2, 0.25) is 0 Å². The fraction of sp³-hybridized carbons (Fsp3) is 0.579. The van der Waals surface area contributed by atoms with Gasteiger partial charge in [0.25, 0.3) is 11.5 Å². The van der Waals surface area contributed by atoms with Crippen molar-refractivity contribution in [3.8, 4) is 5.75 Å². The van der Waals surface area contributed by atoms with Crippen molar-refractivity contribution >= 4 is 39.9 Å². The predicted octanol–water partition coefficient (Wildman–Crippen LogP) is 3.38. The van der Waals surface area contributed by atoms with Gasteiger partial charge in [-0.15, -0.1) is 23.7 Å². The van der Waals surface area contributed by atoms with Crippen LogP contribution in [0.5, 0.6) is 5.75 Å². The summed E-state index contributed by atoms with van der Waals surface area (Å²) < 4.78 is 1.59. The number of nitrogens with one attached hydrogen (secondary N) is 1. The molecule has 0 aromatic carbocycles. The standard InChI is InChI=1S/C19H27N3O3S.ClH/c1-13(2)22-18(25)15(16(23)14-7-12-26-19(14)22)17(24)20-8-6-11-21-9-4-3-5-10-21;/h7,12-13,23H,3-6,8-11H2,1-2H3,(H,20,24);1H. The zero-order chi connectivity index (χ0) is 18.7. The number of piperidine rings is 1. The lowest BCUT2D eigenvalue weighted by Crippen LogP contribution is -2.36. The summed E-state index contributed by atoms with van der Waals surface area (Å²) in [6.45, 7) is 7.50. The Bertz CT molecular complexity index is 841. The fourth-order valence-electron chi connectivity index (χ4n) is 3.57. The van der Waals surface area contributed by atoms with Gasteiger partial charge in [-0.1, -0.05) is 6.42 Å². The highest BCUT2D eigenvalue weighted by Gasteiger charge is 2.23. The smallest absolute Gasteiger partial charge is 0.268 e. The molecular formula is C19H28ClN3O3S. The van der Waals surface area contributed by atoms with Crippen LogP contribution < -0.4 is 10.9 Å². The van der Waals surface area contributed by atoms with Gasteiger partial charge in [-0.3, -0.25) is 14.2 Å². The molecule has 1 aliphatic heterocycles. The molecule has 6 nitrogen and oxygen atoms in total. The molecular weight excluding hydrogens is 386 g/mol. The van der Waals surface area contributed by atoms with E-state index >= 15 is 0 Å². The summed E-state index contributed by atoms with van der Waals surface area (Å²) in [5.74, 6) is -0.703. The number of hydrogen-bond acceptors (Lipinski definition) is 5. The van der Waals surface area contributed by atoms with E-state index in [-0.39, 0.29) is 29.8 Å². The number of hydrogen-bond donors (Lipinski definition) is 2. The molecule has 150 valence electrons. The number of carbonyl (C=O) groups excluding carboxylic acids is 1. The Kier molecular flexibility index (Phi) is 7.70. The quantitative estimate of drug-likeness (QED) is 0.712. The number of likely N-dealkylation sites (tertiary alicyclic amines) is 1. The lowest BCUT2D eigenvalue weighted by molar-refractivity contribution is 0.0946. The molecule has 2 aromatic rings. The number of pyridine rings is 1. The summed E-state index contributed by atoms with van der Waals surface area (Å²) in [7, 11) is 0. The topological polar surface area (TPSA) is 74.6 Å². The maximum atomic E-state index is 12.8. The first-order chi connectivity index (χ1) is 12.5. The highest BCUT2D eigenvalue weighted by molar-refractivity contribution is 7.16. The number of halogens is 1. The molecule has 1 aliphatic rings. The molecule has 2 aromatic heterocycles. The van der Waals surface area contributed by atoms with Crippen LogP contribution in [0.25, 0.3) is 10.2 Å². The Labute approximate surface area is 169 Å². The van der Waals surface area contributed by atoms with Crippen molar-refractivity contribution in [2.24, 2.45) is 0 Å². The van der Waals surface area contributed by atoms with Gasteiger partial charge in [-0.25, -0.2) is 0 Å². The van der Waals surface area contributed by atoms with Gasteiger partial charge in [0, 0.05) is 12.6 Å². The molecule has 3 rings (SSSR count). The van der Waals surface area contributed by atoms with Crippen molar-refractivity contribution in [1.82, 2.24) is 14.8 Å². The second kappa shape index (κ2) is 9.57. The minimum atomic E-state index is -0.492. The molecule has 1 amide bonds. The van der Waals surface area contributed by atoms with Gasteiger partial charge in [0.1, 0.15) is 16.1 Å². The van der Waals surface area contributed by atoms with Crippen molar-refractivity contribution < 1.29 is 9.90 Å². The zero-order valence-corrected chi connectivity index (χ0v) is 17.5. The monoisotopic (exact) mass is 413 g/mol. The van der Waals surface area contributed by atoms with Gasteiger partial charge < -0.3 is 15.3 Å². The maximum absolute atomic E-state index is 12.8. The normalized spacial score (nSPS) is 15.1. The molecule has 2 N–H and O–H groups in total. The van der Waals surface area contributed by atoms with E-state index < -0.39 is 11.5 Å². The van der Waals surface area contributed by atoms with Crippen LogP contribution in [0.4, 0.5) is 0 Å². The van der Waals surface area contributed by atoms with E-state index in [4.69, 9.17) is 0 Å². The summed E-state index contributed by atoms with van der Waals surface area (Å²) in [6, 6.07) is 1.66. The van der Waals surface area contributed by atoms with Crippen LogP contribution in [0.15, 0.2) is 16.2 Å². The third-order valence-corrected chi connectivity index (χ3v) is 5.83. The molecule has 0 spiro atoms. The van der Waals surface area contributed by atoms with Crippen LogP contribution in [0, 0.1) is 0 Å². The van der Waals surface area contributed by atoms with Gasteiger partial charge in [0.15, 0.2) is 0 Å². The number of rotatable bonds is 6. The average Bonchev–Trinajstić information content (AvgIpc) is 3.09. The van der Waals surface area contributed by atoms with Crippen LogP contribution in [-0.4, -0.2) is 46.7 Å². The Morgan fingerprint density at radius 2 is 2.00 bits per heavy atom. The molecule has 0 unspecified atom stereocenters. The highest BCUT2D eigenvalue weighted by Crippen LogP contribution is 2.31.